The summed E-state index contributed by atoms with van der Waals surface area (Å²) in [5, 5.41) is 0. The number of hydrogen-bond acceptors (Lipinski definition) is 1. The largest absolute Gasteiger partial charge is 0.299 e. The molecule has 0 aromatic heterocycles. The van der Waals surface area contributed by atoms with E-state index >= 15 is 0 Å². The number of Topliss-reactive ketones (excluding diaryl/α,β-unsaturated/α-hetero) is 1. The normalized spacial score (nSPS) is 28.1. The molecule has 0 aromatic rings. The van der Waals surface area contributed by atoms with Crippen molar-refractivity contribution in [2.75, 3.05) is 0 Å². The van der Waals surface area contributed by atoms with E-state index < -0.39 is 0 Å². The van der Waals surface area contributed by atoms with Gasteiger partial charge in [0.15, 0.2) is 0 Å². The lowest BCUT2D eigenvalue weighted by Crippen LogP contribution is -2.16. The molecule has 0 aliphatic heterocycles. The molecule has 1 saturated carbocycles. The summed E-state index contributed by atoms with van der Waals surface area (Å²) in [4.78, 5) is 11.7. The third-order valence-corrected chi connectivity index (χ3v) is 2.77. The zero-order chi connectivity index (χ0) is 10.3. The molecule has 0 spiro atoms. The Morgan fingerprint density at radius 1 is 1.38 bits per heavy atom. The number of rotatable bonds is 1. The van der Waals surface area contributed by atoms with E-state index in [-0.39, 0.29) is 5.41 Å². The molecule has 13 heavy (non-hydrogen) atoms. The van der Waals surface area contributed by atoms with Crippen molar-refractivity contribution < 1.29 is 4.79 Å². The van der Waals surface area contributed by atoms with Crippen LogP contribution >= 0.6 is 0 Å². The summed E-state index contributed by atoms with van der Waals surface area (Å²) in [6, 6.07) is 0. The molecule has 0 heterocycles. The topological polar surface area (TPSA) is 17.1 Å². The molecule has 1 aliphatic carbocycles. The molecule has 1 fully saturated rings. The number of ketones is 1. The molecular weight excluding hydrogens is 160 g/mol. The molecule has 0 N–H and O–H groups in total. The van der Waals surface area contributed by atoms with Crippen LogP contribution in [0.3, 0.4) is 0 Å². The van der Waals surface area contributed by atoms with Crippen LogP contribution in [-0.4, -0.2) is 5.78 Å². The van der Waals surface area contributed by atoms with Crippen molar-refractivity contribution in [1.29, 1.82) is 0 Å². The van der Waals surface area contributed by atoms with Crippen molar-refractivity contribution in [3.8, 4) is 0 Å². The highest BCUT2D eigenvalue weighted by Crippen LogP contribution is 2.42. The van der Waals surface area contributed by atoms with Gasteiger partial charge in [0.1, 0.15) is 5.78 Å². The van der Waals surface area contributed by atoms with Gasteiger partial charge in [-0.3, -0.25) is 4.79 Å². The standard InChI is InChI=1S/C12H22O/c1-11(2,3)6-9-7-12(4,5)8-10(9)13/h9H,6-8H2,1-5H3. The zero-order valence-electron chi connectivity index (χ0n) is 9.61. The van der Waals surface area contributed by atoms with Crippen LogP contribution in [0.1, 0.15) is 53.9 Å². The Hall–Kier alpha value is -0.330. The Labute approximate surface area is 81.9 Å². The SMILES string of the molecule is CC(C)(C)CC1CC(C)(C)CC1=O. The number of carbonyl (C=O) groups is 1. The summed E-state index contributed by atoms with van der Waals surface area (Å²) in [5.41, 5.74) is 0.549. The fourth-order valence-electron chi connectivity index (χ4n) is 2.39. The van der Waals surface area contributed by atoms with Crippen LogP contribution in [0.25, 0.3) is 0 Å². The maximum absolute atomic E-state index is 11.7. The van der Waals surface area contributed by atoms with E-state index in [2.05, 4.69) is 34.6 Å². The molecule has 1 nitrogen and oxygen atoms in total. The predicted octanol–water partition coefficient (Wildman–Crippen LogP) is 3.43. The third-order valence-electron chi connectivity index (χ3n) is 2.77. The molecule has 0 aromatic carbocycles. The molecule has 1 rings (SSSR count). The lowest BCUT2D eigenvalue weighted by atomic mass is 9.82. The van der Waals surface area contributed by atoms with Gasteiger partial charge < -0.3 is 0 Å². The minimum atomic E-state index is 0.257. The highest BCUT2D eigenvalue weighted by Gasteiger charge is 2.39. The van der Waals surface area contributed by atoms with Crippen LogP contribution in [0, 0.1) is 16.7 Å². The Bertz CT molecular complexity index is 208. The first-order valence-corrected chi connectivity index (χ1v) is 5.22. The molecule has 1 atom stereocenters. The lowest BCUT2D eigenvalue weighted by molar-refractivity contribution is -0.121. The Balaban J connectivity index is 2.59. The summed E-state index contributed by atoms with van der Waals surface area (Å²) in [6.07, 6.45) is 2.92. The van der Waals surface area contributed by atoms with Gasteiger partial charge in [0.2, 0.25) is 0 Å². The van der Waals surface area contributed by atoms with E-state index in [9.17, 15) is 4.79 Å². The van der Waals surface area contributed by atoms with Crippen LogP contribution in [-0.2, 0) is 4.79 Å². The van der Waals surface area contributed by atoms with Crippen molar-refractivity contribution in [2.45, 2.75) is 53.9 Å². The summed E-state index contributed by atoms with van der Waals surface area (Å²) in [6.45, 7) is 11.0. The van der Waals surface area contributed by atoms with Crippen LogP contribution in [0.5, 0.6) is 0 Å². The number of carbonyl (C=O) groups excluding carboxylic acids is 1. The van der Waals surface area contributed by atoms with Crippen molar-refractivity contribution in [3.63, 3.8) is 0 Å². The van der Waals surface area contributed by atoms with E-state index in [1.54, 1.807) is 0 Å². The van der Waals surface area contributed by atoms with Crippen LogP contribution in [0.15, 0.2) is 0 Å². The molecule has 0 bridgehead atoms. The van der Waals surface area contributed by atoms with Crippen LogP contribution < -0.4 is 0 Å². The highest BCUT2D eigenvalue weighted by molar-refractivity contribution is 5.84. The fourth-order valence-corrected chi connectivity index (χ4v) is 2.39. The van der Waals surface area contributed by atoms with Crippen molar-refractivity contribution in [1.82, 2.24) is 0 Å². The minimum Gasteiger partial charge on any atom is -0.299 e. The molecule has 0 amide bonds. The number of hydrogen-bond donors (Lipinski definition) is 0. The van der Waals surface area contributed by atoms with Gasteiger partial charge >= 0.3 is 0 Å². The quantitative estimate of drug-likeness (QED) is 0.607. The fraction of sp³-hybridized carbons (Fsp3) is 0.917. The summed E-state index contributed by atoms with van der Waals surface area (Å²) in [5.74, 6) is 0.815. The maximum atomic E-state index is 11.7. The first-order valence-electron chi connectivity index (χ1n) is 5.22. The Kier molecular flexibility index (Phi) is 2.57. The predicted molar refractivity (Wildman–Crippen MR) is 55.6 cm³/mol. The Morgan fingerprint density at radius 2 is 1.92 bits per heavy atom. The second-order valence-corrected chi connectivity index (χ2v) is 6.47. The van der Waals surface area contributed by atoms with E-state index in [4.69, 9.17) is 0 Å². The van der Waals surface area contributed by atoms with Crippen LogP contribution in [0.4, 0.5) is 0 Å². The average Bonchev–Trinajstić information content (AvgIpc) is 2.00. The Morgan fingerprint density at radius 3 is 2.23 bits per heavy atom. The van der Waals surface area contributed by atoms with Gasteiger partial charge in [-0.25, -0.2) is 0 Å². The highest BCUT2D eigenvalue weighted by atomic mass is 16.1. The van der Waals surface area contributed by atoms with Crippen LogP contribution in [0.2, 0.25) is 0 Å². The molecule has 0 radical (unpaired) electrons. The van der Waals surface area contributed by atoms with Crippen molar-refractivity contribution in [2.24, 2.45) is 16.7 Å². The van der Waals surface area contributed by atoms with Gasteiger partial charge in [-0.05, 0) is 23.7 Å². The average molecular weight is 182 g/mol. The van der Waals surface area contributed by atoms with E-state index in [0.717, 1.165) is 19.3 Å². The molecule has 1 unspecified atom stereocenters. The molecule has 1 aliphatic rings. The molecular formula is C12H22O. The van der Waals surface area contributed by atoms with Gasteiger partial charge in [0.25, 0.3) is 0 Å². The monoisotopic (exact) mass is 182 g/mol. The van der Waals surface area contributed by atoms with Gasteiger partial charge in [-0.2, -0.15) is 0 Å². The van der Waals surface area contributed by atoms with Gasteiger partial charge in [0, 0.05) is 12.3 Å². The van der Waals surface area contributed by atoms with Crippen molar-refractivity contribution >= 4 is 5.78 Å². The van der Waals surface area contributed by atoms with E-state index in [0.29, 0.717) is 17.1 Å². The minimum absolute atomic E-state index is 0.257. The maximum Gasteiger partial charge on any atom is 0.136 e. The van der Waals surface area contributed by atoms with Gasteiger partial charge in [0.05, 0.1) is 0 Å². The molecule has 0 saturated heterocycles. The first kappa shape index (κ1) is 10.7. The van der Waals surface area contributed by atoms with E-state index in [1.165, 1.54) is 0 Å². The smallest absolute Gasteiger partial charge is 0.136 e. The first-order chi connectivity index (χ1) is 5.70. The summed E-state index contributed by atoms with van der Waals surface area (Å²) in [7, 11) is 0. The third kappa shape index (κ3) is 3.13. The van der Waals surface area contributed by atoms with E-state index in [1.807, 2.05) is 0 Å². The molecule has 1 heteroatoms. The summed E-state index contributed by atoms with van der Waals surface area (Å²) >= 11 is 0. The second-order valence-electron chi connectivity index (χ2n) is 6.47. The summed E-state index contributed by atoms with van der Waals surface area (Å²) < 4.78 is 0. The zero-order valence-corrected chi connectivity index (χ0v) is 9.61. The second kappa shape index (κ2) is 3.11. The van der Waals surface area contributed by atoms with Gasteiger partial charge in [-0.15, -0.1) is 0 Å². The van der Waals surface area contributed by atoms with Crippen molar-refractivity contribution in [3.05, 3.63) is 0 Å². The lowest BCUT2D eigenvalue weighted by Gasteiger charge is -2.23. The molecule has 76 valence electrons. The van der Waals surface area contributed by atoms with Gasteiger partial charge in [-0.1, -0.05) is 34.6 Å².